The van der Waals surface area contributed by atoms with E-state index in [2.05, 4.69) is 30.3 Å². The molecule has 16 nitrogen and oxygen atoms in total. The van der Waals surface area contributed by atoms with Crippen molar-refractivity contribution in [3.8, 4) is 17.0 Å². The SMILES string of the molecule is C[C@@H](Oc1ccc2[nH]nc(-c3ccc(N4CCN(C(=O)C5CCN(C(=O)CC6(O)CCN(c7ccc(N8CCC(=O)NC8=O)cc7)CC6)CC5)CC4)nc3)c2c1)c1c(Cl)cncc1Cl. The van der Waals surface area contributed by atoms with Gasteiger partial charge in [-0.3, -0.25) is 34.7 Å². The Balaban J connectivity index is 0.719. The molecular weight excluding hydrogens is 859 g/mol. The summed E-state index contributed by atoms with van der Waals surface area (Å²) in [6.07, 6.45) is 6.94. The Morgan fingerprint density at radius 2 is 1.55 bits per heavy atom. The molecule has 0 bridgehead atoms. The molecule has 1 atom stereocenters. The van der Waals surface area contributed by atoms with Gasteiger partial charge in [-0.2, -0.15) is 5.10 Å². The number of imide groups is 1. The minimum Gasteiger partial charge on any atom is -0.486 e. The third-order valence-electron chi connectivity index (χ3n) is 13.0. The van der Waals surface area contributed by atoms with Crippen molar-refractivity contribution < 1.29 is 29.0 Å². The number of fused-ring (bicyclic) bond motifs is 1. The third-order valence-corrected chi connectivity index (χ3v) is 13.6. The lowest BCUT2D eigenvalue weighted by molar-refractivity contribution is -0.143. The second kappa shape index (κ2) is 18.3. The molecule has 0 aliphatic carbocycles. The zero-order valence-corrected chi connectivity index (χ0v) is 37.0. The fraction of sp³-hybridized carbons (Fsp3) is 0.413. The van der Waals surface area contributed by atoms with Crippen LogP contribution in [-0.2, 0) is 14.4 Å². The Morgan fingerprint density at radius 3 is 2.22 bits per heavy atom. The van der Waals surface area contributed by atoms with Crippen molar-refractivity contribution in [2.75, 3.05) is 73.6 Å². The average Bonchev–Trinajstić information content (AvgIpc) is 3.72. The first-order chi connectivity index (χ1) is 30.9. The Kier molecular flexibility index (Phi) is 12.3. The zero-order chi connectivity index (χ0) is 44.5. The number of piperidine rings is 2. The number of nitrogens with one attached hydrogen (secondary N) is 2. The van der Waals surface area contributed by atoms with Crippen LogP contribution < -0.4 is 24.8 Å². The molecule has 4 saturated heterocycles. The number of rotatable bonds is 10. The molecule has 7 heterocycles. The van der Waals surface area contributed by atoms with Gasteiger partial charge in [0, 0.05) is 118 Å². The molecule has 334 valence electrons. The second-order valence-electron chi connectivity index (χ2n) is 17.1. The van der Waals surface area contributed by atoms with Gasteiger partial charge in [0.2, 0.25) is 17.7 Å². The number of ether oxygens (including phenoxy) is 1. The monoisotopic (exact) mass is 908 g/mol. The number of urea groups is 1. The van der Waals surface area contributed by atoms with Crippen LogP contribution in [0.1, 0.15) is 57.1 Å². The Labute approximate surface area is 380 Å². The Hall–Kier alpha value is -5.97. The molecular formula is C46H50Cl2N10O6. The van der Waals surface area contributed by atoms with Gasteiger partial charge in [-0.1, -0.05) is 23.2 Å². The molecule has 4 fully saturated rings. The van der Waals surface area contributed by atoms with Gasteiger partial charge in [0.1, 0.15) is 23.4 Å². The highest BCUT2D eigenvalue weighted by molar-refractivity contribution is 6.35. The topological polar surface area (TPSA) is 180 Å². The number of aromatic amines is 1. The first-order valence-electron chi connectivity index (χ1n) is 21.8. The van der Waals surface area contributed by atoms with E-state index < -0.39 is 17.7 Å². The lowest BCUT2D eigenvalue weighted by Crippen LogP contribution is -2.52. The van der Waals surface area contributed by atoms with Crippen LogP contribution in [0.25, 0.3) is 22.2 Å². The molecule has 2 aromatic carbocycles. The van der Waals surface area contributed by atoms with Crippen LogP contribution in [0.5, 0.6) is 5.75 Å². The fourth-order valence-corrected chi connectivity index (χ4v) is 9.94. The summed E-state index contributed by atoms with van der Waals surface area (Å²) in [6, 6.07) is 16.9. The van der Waals surface area contributed by atoms with Crippen molar-refractivity contribution in [3.63, 3.8) is 0 Å². The number of hydrogen-bond donors (Lipinski definition) is 3. The summed E-state index contributed by atoms with van der Waals surface area (Å²) < 4.78 is 6.24. The molecule has 64 heavy (non-hydrogen) atoms. The van der Waals surface area contributed by atoms with Crippen LogP contribution in [0.4, 0.5) is 22.0 Å². The van der Waals surface area contributed by atoms with Crippen molar-refractivity contribution in [1.29, 1.82) is 0 Å². The van der Waals surface area contributed by atoms with E-state index >= 15 is 0 Å². The predicted molar refractivity (Wildman–Crippen MR) is 244 cm³/mol. The predicted octanol–water partition coefficient (Wildman–Crippen LogP) is 6.22. The normalized spacial score (nSPS) is 18.9. The van der Waals surface area contributed by atoms with Crippen molar-refractivity contribution in [3.05, 3.63) is 88.8 Å². The molecule has 4 aliphatic rings. The number of likely N-dealkylation sites (tertiary alicyclic amines) is 1. The number of halogens is 2. The fourth-order valence-electron chi connectivity index (χ4n) is 9.27. The maximum atomic E-state index is 13.7. The maximum Gasteiger partial charge on any atom is 0.328 e. The number of pyridine rings is 2. The summed E-state index contributed by atoms with van der Waals surface area (Å²) in [4.78, 5) is 69.3. The lowest BCUT2D eigenvalue weighted by atomic mass is 9.86. The maximum absolute atomic E-state index is 13.7. The van der Waals surface area contributed by atoms with Crippen LogP contribution in [0, 0.1) is 5.92 Å². The van der Waals surface area contributed by atoms with Gasteiger partial charge in [-0.25, -0.2) is 9.78 Å². The van der Waals surface area contributed by atoms with Gasteiger partial charge in [0.05, 0.1) is 27.6 Å². The standard InChI is InChI=1S/C46H50Cl2N10O6/c1-29(42-36(47)27-49-28-37(42)48)64-34-7-8-38-35(24-34)43(53-52-38)31-2-9-39(50-26-31)55-20-22-57(23-21-55)44(61)30-10-15-56(16-11-30)41(60)25-46(63)13-18-54(19-14-46)32-3-5-33(6-4-32)58-17-12-40(59)51-45(58)62/h2-9,24,26-30,63H,10-23,25H2,1H3,(H,52,53)(H,51,59,62)/t29-/m1/s1. The minimum absolute atomic E-state index is 0.0609. The van der Waals surface area contributed by atoms with E-state index in [0.717, 1.165) is 33.7 Å². The van der Waals surface area contributed by atoms with E-state index in [9.17, 15) is 24.3 Å². The number of anilines is 3. The molecule has 9 rings (SSSR count). The highest BCUT2D eigenvalue weighted by atomic mass is 35.5. The molecule has 3 aromatic heterocycles. The second-order valence-corrected chi connectivity index (χ2v) is 17.9. The van der Waals surface area contributed by atoms with Gasteiger partial charge in [-0.15, -0.1) is 0 Å². The van der Waals surface area contributed by atoms with Gasteiger partial charge in [-0.05, 0) is 87.2 Å². The highest BCUT2D eigenvalue weighted by Crippen LogP contribution is 2.36. The number of piperazine rings is 1. The van der Waals surface area contributed by atoms with Gasteiger partial charge < -0.3 is 29.4 Å². The largest absolute Gasteiger partial charge is 0.486 e. The minimum atomic E-state index is -1.09. The molecule has 0 unspecified atom stereocenters. The van der Waals surface area contributed by atoms with Crippen LogP contribution in [-0.4, -0.2) is 123 Å². The van der Waals surface area contributed by atoms with Gasteiger partial charge >= 0.3 is 6.03 Å². The summed E-state index contributed by atoms with van der Waals surface area (Å²) in [5.41, 5.74) is 3.72. The molecule has 3 N–H and O–H groups in total. The summed E-state index contributed by atoms with van der Waals surface area (Å²) in [5.74, 6) is 1.13. The van der Waals surface area contributed by atoms with Crippen LogP contribution in [0.15, 0.2) is 73.2 Å². The molecule has 0 spiro atoms. The van der Waals surface area contributed by atoms with Crippen LogP contribution >= 0.6 is 23.2 Å². The summed E-state index contributed by atoms with van der Waals surface area (Å²) in [5, 5.41) is 23.2. The van der Waals surface area contributed by atoms with Gasteiger partial charge in [0.15, 0.2) is 0 Å². The van der Waals surface area contributed by atoms with E-state index in [4.69, 9.17) is 32.9 Å². The third kappa shape index (κ3) is 9.17. The molecule has 5 amide bonds. The number of aromatic nitrogens is 4. The number of H-pyrrole nitrogens is 1. The Bertz CT molecular complexity index is 2510. The first kappa shape index (κ1) is 43.3. The van der Waals surface area contributed by atoms with Crippen LogP contribution in [0.3, 0.4) is 0 Å². The van der Waals surface area contributed by atoms with Crippen molar-refractivity contribution in [2.24, 2.45) is 5.92 Å². The first-order valence-corrected chi connectivity index (χ1v) is 22.6. The molecule has 18 heteroatoms. The average molecular weight is 910 g/mol. The molecule has 0 radical (unpaired) electrons. The summed E-state index contributed by atoms with van der Waals surface area (Å²) in [7, 11) is 0. The van der Waals surface area contributed by atoms with E-state index in [0.29, 0.717) is 112 Å². The number of amides is 5. The quantitative estimate of drug-likeness (QED) is 0.145. The van der Waals surface area contributed by atoms with E-state index in [1.54, 1.807) is 22.2 Å². The number of hydrogen-bond acceptors (Lipinski definition) is 11. The number of benzene rings is 2. The van der Waals surface area contributed by atoms with Crippen molar-refractivity contribution in [2.45, 2.75) is 57.2 Å². The van der Waals surface area contributed by atoms with E-state index in [-0.39, 0.29) is 36.5 Å². The van der Waals surface area contributed by atoms with Gasteiger partial charge in [0.25, 0.3) is 0 Å². The summed E-state index contributed by atoms with van der Waals surface area (Å²) >= 11 is 12.7. The van der Waals surface area contributed by atoms with Crippen molar-refractivity contribution >= 4 is 75.1 Å². The number of carbonyl (C=O) groups is 4. The molecule has 4 aliphatic heterocycles. The van der Waals surface area contributed by atoms with Crippen molar-refractivity contribution in [1.82, 2.24) is 35.3 Å². The van der Waals surface area contributed by atoms with Crippen LogP contribution in [0.2, 0.25) is 10.0 Å². The number of aliphatic hydroxyl groups is 1. The number of nitrogens with zero attached hydrogens (tertiary/aromatic N) is 8. The Morgan fingerprint density at radius 1 is 0.844 bits per heavy atom. The van der Waals surface area contributed by atoms with E-state index in [1.807, 2.05) is 72.6 Å². The lowest BCUT2D eigenvalue weighted by Gasteiger charge is -2.41. The summed E-state index contributed by atoms with van der Waals surface area (Å²) in [6.45, 7) is 6.91. The zero-order valence-electron chi connectivity index (χ0n) is 35.5. The molecule has 0 saturated carbocycles. The van der Waals surface area contributed by atoms with E-state index in [1.165, 1.54) is 0 Å². The molecule has 5 aromatic rings. The smallest absolute Gasteiger partial charge is 0.328 e. The highest BCUT2D eigenvalue weighted by Gasteiger charge is 2.38. The number of carbonyl (C=O) groups excluding carboxylic acids is 4.